The Morgan fingerprint density at radius 3 is 2.65 bits per heavy atom. The SMILES string of the molecule is Cc1nc(Nc2ncc(C(=O)Nc3c(C)cccc3Cl)s2)cc(N2CCN(Cc3ccc4c(c3)CN(C3CCC(=O)NC3=O)C4=O)CC2)n1. The van der Waals surface area contributed by atoms with Gasteiger partial charge in [-0.3, -0.25) is 29.4 Å². The van der Waals surface area contributed by atoms with Gasteiger partial charge in [0.05, 0.1) is 16.9 Å². The molecule has 4 amide bonds. The van der Waals surface area contributed by atoms with Crippen LogP contribution in [0.15, 0.2) is 48.7 Å². The Hall–Kier alpha value is -4.92. The Labute approximate surface area is 291 Å². The van der Waals surface area contributed by atoms with Crippen molar-refractivity contribution in [1.29, 1.82) is 0 Å². The van der Waals surface area contributed by atoms with E-state index < -0.39 is 11.9 Å². The molecule has 4 aromatic rings. The Kier molecular flexibility index (Phi) is 9.01. The van der Waals surface area contributed by atoms with Crippen LogP contribution in [-0.2, 0) is 22.7 Å². The Morgan fingerprint density at radius 1 is 1.06 bits per heavy atom. The fraction of sp³-hybridized carbons (Fsp3) is 0.324. The highest BCUT2D eigenvalue weighted by molar-refractivity contribution is 7.17. The van der Waals surface area contributed by atoms with E-state index in [4.69, 9.17) is 11.6 Å². The van der Waals surface area contributed by atoms with E-state index in [9.17, 15) is 19.2 Å². The third kappa shape index (κ3) is 6.98. The highest BCUT2D eigenvalue weighted by Crippen LogP contribution is 2.30. The van der Waals surface area contributed by atoms with E-state index in [1.165, 1.54) is 17.5 Å². The molecular weight excluding hydrogens is 666 g/mol. The maximum atomic E-state index is 13.1. The first-order chi connectivity index (χ1) is 23.6. The number of rotatable bonds is 8. The average molecular weight is 700 g/mol. The van der Waals surface area contributed by atoms with Crippen LogP contribution in [0, 0.1) is 13.8 Å². The van der Waals surface area contributed by atoms with Crippen molar-refractivity contribution in [2.45, 2.75) is 45.8 Å². The Morgan fingerprint density at radius 2 is 1.88 bits per heavy atom. The number of carbonyl (C=O) groups is 4. The molecule has 3 aliphatic heterocycles. The molecule has 2 fully saturated rings. The molecule has 2 aromatic heterocycles. The molecular formula is C34H34ClN9O4S. The van der Waals surface area contributed by atoms with Crippen LogP contribution < -0.4 is 20.9 Å². The molecule has 2 saturated heterocycles. The number of benzene rings is 2. The Balaban J connectivity index is 0.945. The van der Waals surface area contributed by atoms with Gasteiger partial charge in [-0.05, 0) is 49.1 Å². The van der Waals surface area contributed by atoms with Crippen molar-refractivity contribution in [3.63, 3.8) is 0 Å². The number of piperazine rings is 1. The molecule has 0 bridgehead atoms. The highest BCUT2D eigenvalue weighted by Gasteiger charge is 2.39. The van der Waals surface area contributed by atoms with Gasteiger partial charge in [0.25, 0.3) is 11.8 Å². The normalized spacial score (nSPS) is 18.0. The fourth-order valence-electron chi connectivity index (χ4n) is 6.41. The number of carbonyl (C=O) groups excluding carboxylic acids is 4. The zero-order valence-corrected chi connectivity index (χ0v) is 28.5. The number of aryl methyl sites for hydroxylation is 2. The number of halogens is 1. The maximum absolute atomic E-state index is 13.1. The van der Waals surface area contributed by atoms with E-state index in [0.29, 0.717) is 50.9 Å². The number of hydrogen-bond acceptors (Lipinski definition) is 11. The summed E-state index contributed by atoms with van der Waals surface area (Å²) in [6.45, 7) is 8.01. The second-order valence-corrected chi connectivity index (χ2v) is 13.8. The lowest BCUT2D eigenvalue weighted by atomic mass is 10.0. The van der Waals surface area contributed by atoms with Crippen molar-refractivity contribution < 1.29 is 19.2 Å². The van der Waals surface area contributed by atoms with E-state index in [2.05, 4.69) is 46.8 Å². The summed E-state index contributed by atoms with van der Waals surface area (Å²) in [7, 11) is 0. The summed E-state index contributed by atoms with van der Waals surface area (Å²) >= 11 is 7.50. The van der Waals surface area contributed by atoms with Gasteiger partial charge in [-0.25, -0.2) is 15.0 Å². The van der Waals surface area contributed by atoms with Crippen molar-refractivity contribution in [1.82, 2.24) is 30.1 Å². The molecule has 1 unspecified atom stereocenters. The van der Waals surface area contributed by atoms with Gasteiger partial charge in [0, 0.05) is 57.3 Å². The number of para-hydroxylation sites is 1. The average Bonchev–Trinajstić information content (AvgIpc) is 3.67. The zero-order valence-electron chi connectivity index (χ0n) is 27.0. The summed E-state index contributed by atoms with van der Waals surface area (Å²) in [5.41, 5.74) is 4.08. The first kappa shape index (κ1) is 32.6. The molecule has 49 heavy (non-hydrogen) atoms. The van der Waals surface area contributed by atoms with Gasteiger partial charge in [0.2, 0.25) is 11.8 Å². The lowest BCUT2D eigenvalue weighted by Crippen LogP contribution is -2.52. The standard InChI is InChI=1S/C34H34ClN9O4S/c1-19-4-3-5-24(35)30(19)41-32(47)26-16-36-34(49-26)39-27-15-28(38-20(2)37-27)43-12-10-42(11-13-43)17-21-6-7-23-22(14-21)18-44(33(23)48)25-8-9-29(45)40-31(25)46/h3-7,14-16,25H,8-13,17-18H2,1-2H3,(H,41,47)(H,40,45,46)(H,36,37,38,39). The molecule has 0 spiro atoms. The summed E-state index contributed by atoms with van der Waals surface area (Å²) in [4.78, 5) is 70.1. The molecule has 13 nitrogen and oxygen atoms in total. The van der Waals surface area contributed by atoms with Crippen LogP contribution in [-0.4, -0.2) is 80.6 Å². The van der Waals surface area contributed by atoms with Crippen LogP contribution in [0.3, 0.4) is 0 Å². The second-order valence-electron chi connectivity index (χ2n) is 12.4. The summed E-state index contributed by atoms with van der Waals surface area (Å²) < 4.78 is 0. The van der Waals surface area contributed by atoms with Crippen molar-refractivity contribution in [2.75, 3.05) is 41.7 Å². The van der Waals surface area contributed by atoms with Crippen LogP contribution in [0.1, 0.15) is 55.4 Å². The van der Waals surface area contributed by atoms with Gasteiger partial charge in [-0.2, -0.15) is 0 Å². The van der Waals surface area contributed by atoms with Crippen LogP contribution >= 0.6 is 22.9 Å². The molecule has 252 valence electrons. The predicted molar refractivity (Wildman–Crippen MR) is 186 cm³/mol. The predicted octanol–water partition coefficient (Wildman–Crippen LogP) is 4.28. The molecule has 15 heteroatoms. The second kappa shape index (κ2) is 13.5. The van der Waals surface area contributed by atoms with Crippen LogP contribution in [0.25, 0.3) is 0 Å². The maximum Gasteiger partial charge on any atom is 0.267 e. The monoisotopic (exact) mass is 699 g/mol. The van der Waals surface area contributed by atoms with E-state index in [1.807, 2.05) is 44.2 Å². The number of thiazole rings is 1. The number of piperidine rings is 1. The lowest BCUT2D eigenvalue weighted by Gasteiger charge is -2.35. The van der Waals surface area contributed by atoms with Gasteiger partial charge in [0.1, 0.15) is 28.4 Å². The van der Waals surface area contributed by atoms with Crippen molar-refractivity contribution in [3.05, 3.63) is 86.6 Å². The van der Waals surface area contributed by atoms with E-state index in [-0.39, 0.29) is 24.1 Å². The molecule has 0 saturated carbocycles. The van der Waals surface area contributed by atoms with Crippen molar-refractivity contribution >= 4 is 69.0 Å². The number of hydrogen-bond donors (Lipinski definition) is 3. The molecule has 0 radical (unpaired) electrons. The van der Waals surface area contributed by atoms with Gasteiger partial charge in [-0.15, -0.1) is 0 Å². The minimum atomic E-state index is -0.620. The van der Waals surface area contributed by atoms with Crippen LogP contribution in [0.2, 0.25) is 5.02 Å². The summed E-state index contributed by atoms with van der Waals surface area (Å²) in [5.74, 6) is 0.863. The summed E-state index contributed by atoms with van der Waals surface area (Å²) in [6, 6.07) is 12.6. The minimum absolute atomic E-state index is 0.164. The lowest BCUT2D eigenvalue weighted by molar-refractivity contribution is -0.136. The smallest absolute Gasteiger partial charge is 0.267 e. The van der Waals surface area contributed by atoms with Gasteiger partial charge in [-0.1, -0.05) is 47.2 Å². The topological polar surface area (TPSA) is 153 Å². The van der Waals surface area contributed by atoms with E-state index >= 15 is 0 Å². The fourth-order valence-corrected chi connectivity index (χ4v) is 7.40. The number of nitrogens with zero attached hydrogens (tertiary/aromatic N) is 6. The summed E-state index contributed by atoms with van der Waals surface area (Å²) in [6.07, 6.45) is 2.11. The Bertz CT molecular complexity index is 1960. The number of aromatic nitrogens is 3. The number of imide groups is 1. The number of fused-ring (bicyclic) bond motifs is 1. The first-order valence-corrected chi connectivity index (χ1v) is 17.2. The number of nitrogens with one attached hydrogen (secondary N) is 3. The molecule has 3 N–H and O–H groups in total. The number of anilines is 4. The van der Waals surface area contributed by atoms with Gasteiger partial charge in [0.15, 0.2) is 5.13 Å². The molecule has 3 aliphatic rings. The zero-order chi connectivity index (χ0) is 34.2. The molecule has 5 heterocycles. The largest absolute Gasteiger partial charge is 0.354 e. The van der Waals surface area contributed by atoms with Crippen LogP contribution in [0.5, 0.6) is 0 Å². The van der Waals surface area contributed by atoms with Crippen molar-refractivity contribution in [3.8, 4) is 0 Å². The summed E-state index contributed by atoms with van der Waals surface area (Å²) in [5, 5.41) is 9.47. The van der Waals surface area contributed by atoms with Gasteiger partial charge >= 0.3 is 0 Å². The molecule has 1 atom stereocenters. The van der Waals surface area contributed by atoms with E-state index in [0.717, 1.165) is 55.2 Å². The molecule has 2 aromatic carbocycles. The highest BCUT2D eigenvalue weighted by atomic mass is 35.5. The third-order valence-corrected chi connectivity index (χ3v) is 10.2. The first-order valence-electron chi connectivity index (χ1n) is 16.0. The quantitative estimate of drug-likeness (QED) is 0.227. The minimum Gasteiger partial charge on any atom is -0.354 e. The van der Waals surface area contributed by atoms with Crippen LogP contribution in [0.4, 0.5) is 22.5 Å². The molecule has 0 aliphatic carbocycles. The van der Waals surface area contributed by atoms with Crippen molar-refractivity contribution in [2.24, 2.45) is 0 Å². The van der Waals surface area contributed by atoms with Gasteiger partial charge < -0.3 is 20.4 Å². The third-order valence-electron chi connectivity index (χ3n) is 8.94. The number of amides is 4. The molecule has 7 rings (SSSR count). The van der Waals surface area contributed by atoms with E-state index in [1.54, 1.807) is 11.0 Å².